The van der Waals surface area contributed by atoms with Gasteiger partial charge in [0.05, 0.1) is 6.04 Å². The molecule has 0 saturated carbocycles. The summed E-state index contributed by atoms with van der Waals surface area (Å²) in [7, 11) is 0. The molecule has 1 aliphatic heterocycles. The third-order valence-electron chi connectivity index (χ3n) is 3.55. The quantitative estimate of drug-likeness (QED) is 0.799. The van der Waals surface area contributed by atoms with Crippen LogP contribution in [0, 0.1) is 6.92 Å². The van der Waals surface area contributed by atoms with Gasteiger partial charge in [0.2, 0.25) is 5.91 Å². The molecule has 3 heteroatoms. The molecule has 1 aromatic rings. The van der Waals surface area contributed by atoms with E-state index < -0.39 is 0 Å². The lowest BCUT2D eigenvalue weighted by atomic mass is 10.0. The molecule has 1 aliphatic rings. The standard InChI is InChI=1S/C15H20N2O/c1-10-6-4-5-7-14(10)12(3)17-15(18)11(2)13-8-16-9-13/h4-7,12,16H,8-9H2,1-3H3,(H,17,18)/t12-/m1/s1. The van der Waals surface area contributed by atoms with Crippen LogP contribution in [-0.2, 0) is 4.79 Å². The van der Waals surface area contributed by atoms with Gasteiger partial charge < -0.3 is 10.6 Å². The van der Waals surface area contributed by atoms with Crippen molar-refractivity contribution in [2.24, 2.45) is 0 Å². The van der Waals surface area contributed by atoms with E-state index in [4.69, 9.17) is 0 Å². The molecule has 2 rings (SSSR count). The number of rotatable bonds is 3. The van der Waals surface area contributed by atoms with E-state index in [0.717, 1.165) is 18.7 Å². The van der Waals surface area contributed by atoms with Crippen molar-refractivity contribution in [3.05, 3.63) is 46.5 Å². The fourth-order valence-electron chi connectivity index (χ4n) is 2.13. The summed E-state index contributed by atoms with van der Waals surface area (Å²) in [6, 6.07) is 8.20. The van der Waals surface area contributed by atoms with Gasteiger partial charge in [0.15, 0.2) is 0 Å². The van der Waals surface area contributed by atoms with Crippen molar-refractivity contribution < 1.29 is 4.79 Å². The van der Waals surface area contributed by atoms with E-state index in [2.05, 4.69) is 29.7 Å². The normalized spacial score (nSPS) is 15.8. The first-order valence-corrected chi connectivity index (χ1v) is 6.35. The van der Waals surface area contributed by atoms with Crippen LogP contribution in [0.5, 0.6) is 0 Å². The van der Waals surface area contributed by atoms with Crippen molar-refractivity contribution in [3.8, 4) is 0 Å². The van der Waals surface area contributed by atoms with E-state index in [1.54, 1.807) is 0 Å². The molecular formula is C15H20N2O. The summed E-state index contributed by atoms with van der Waals surface area (Å²) >= 11 is 0. The number of carbonyl (C=O) groups excluding carboxylic acids is 1. The van der Waals surface area contributed by atoms with Crippen LogP contribution in [0.2, 0.25) is 0 Å². The highest BCUT2D eigenvalue weighted by molar-refractivity contribution is 5.94. The zero-order chi connectivity index (χ0) is 13.1. The Labute approximate surface area is 108 Å². The summed E-state index contributed by atoms with van der Waals surface area (Å²) in [5, 5.41) is 6.21. The molecule has 1 atom stereocenters. The van der Waals surface area contributed by atoms with Crippen LogP contribution in [0.25, 0.3) is 0 Å². The lowest BCUT2D eigenvalue weighted by molar-refractivity contribution is -0.118. The van der Waals surface area contributed by atoms with Crippen LogP contribution in [0.1, 0.15) is 31.0 Å². The first-order chi connectivity index (χ1) is 8.59. The number of aryl methyl sites for hydroxylation is 1. The Hall–Kier alpha value is -1.61. The van der Waals surface area contributed by atoms with Gasteiger partial charge >= 0.3 is 0 Å². The van der Waals surface area contributed by atoms with E-state index in [1.165, 1.54) is 16.7 Å². The highest BCUT2D eigenvalue weighted by Crippen LogP contribution is 2.18. The molecule has 0 radical (unpaired) electrons. The second kappa shape index (κ2) is 5.36. The summed E-state index contributed by atoms with van der Waals surface area (Å²) in [4.78, 5) is 12.1. The minimum atomic E-state index is 0.0438. The van der Waals surface area contributed by atoms with Crippen LogP contribution in [-0.4, -0.2) is 19.0 Å². The van der Waals surface area contributed by atoms with Gasteiger partial charge in [0, 0.05) is 18.7 Å². The van der Waals surface area contributed by atoms with Crippen LogP contribution in [0.3, 0.4) is 0 Å². The Morgan fingerprint density at radius 3 is 2.56 bits per heavy atom. The SMILES string of the molecule is CC(C(=O)N[C@H](C)c1ccccc1C)=C1CNC1. The Morgan fingerprint density at radius 1 is 1.33 bits per heavy atom. The summed E-state index contributed by atoms with van der Waals surface area (Å²) in [5.74, 6) is 0.0438. The van der Waals surface area contributed by atoms with Gasteiger partial charge in [-0.25, -0.2) is 0 Å². The molecule has 0 unspecified atom stereocenters. The van der Waals surface area contributed by atoms with Crippen molar-refractivity contribution in [1.29, 1.82) is 0 Å². The predicted molar refractivity (Wildman–Crippen MR) is 73.3 cm³/mol. The monoisotopic (exact) mass is 244 g/mol. The minimum absolute atomic E-state index is 0.0438. The smallest absolute Gasteiger partial charge is 0.247 e. The number of amides is 1. The predicted octanol–water partition coefficient (Wildman–Crippen LogP) is 2.09. The van der Waals surface area contributed by atoms with Crippen molar-refractivity contribution >= 4 is 5.91 Å². The molecule has 3 nitrogen and oxygen atoms in total. The van der Waals surface area contributed by atoms with Gasteiger partial charge in [0.25, 0.3) is 0 Å². The molecule has 2 N–H and O–H groups in total. The van der Waals surface area contributed by atoms with Crippen molar-refractivity contribution in [2.45, 2.75) is 26.8 Å². The van der Waals surface area contributed by atoms with E-state index in [9.17, 15) is 4.79 Å². The number of carbonyl (C=O) groups is 1. The number of hydrogen-bond donors (Lipinski definition) is 2. The van der Waals surface area contributed by atoms with E-state index >= 15 is 0 Å². The number of benzene rings is 1. The maximum Gasteiger partial charge on any atom is 0.247 e. The molecule has 1 aromatic carbocycles. The molecule has 1 saturated heterocycles. The van der Waals surface area contributed by atoms with Gasteiger partial charge in [0.1, 0.15) is 0 Å². The first kappa shape index (κ1) is 12.8. The maximum absolute atomic E-state index is 12.1. The molecule has 0 bridgehead atoms. The molecule has 1 heterocycles. The molecule has 1 fully saturated rings. The Morgan fingerprint density at radius 2 is 2.00 bits per heavy atom. The van der Waals surface area contributed by atoms with Crippen molar-refractivity contribution in [2.75, 3.05) is 13.1 Å². The number of hydrogen-bond acceptors (Lipinski definition) is 2. The summed E-state index contributed by atoms with van der Waals surface area (Å²) < 4.78 is 0. The lowest BCUT2D eigenvalue weighted by Gasteiger charge is -2.23. The zero-order valence-electron chi connectivity index (χ0n) is 11.2. The molecule has 0 spiro atoms. The molecule has 0 aliphatic carbocycles. The molecule has 1 amide bonds. The van der Waals surface area contributed by atoms with Gasteiger partial charge in [-0.1, -0.05) is 24.3 Å². The lowest BCUT2D eigenvalue weighted by Crippen LogP contribution is -2.38. The van der Waals surface area contributed by atoms with Gasteiger partial charge in [-0.15, -0.1) is 0 Å². The third kappa shape index (κ3) is 2.62. The second-order valence-electron chi connectivity index (χ2n) is 4.88. The average molecular weight is 244 g/mol. The Kier molecular flexibility index (Phi) is 3.82. The maximum atomic E-state index is 12.1. The summed E-state index contributed by atoms with van der Waals surface area (Å²) in [6.45, 7) is 7.68. The summed E-state index contributed by atoms with van der Waals surface area (Å²) in [5.41, 5.74) is 4.45. The fourth-order valence-corrected chi connectivity index (χ4v) is 2.13. The molecule has 96 valence electrons. The van der Waals surface area contributed by atoms with Gasteiger partial charge in [-0.3, -0.25) is 4.79 Å². The molecular weight excluding hydrogens is 224 g/mol. The fraction of sp³-hybridized carbons (Fsp3) is 0.400. The largest absolute Gasteiger partial charge is 0.346 e. The highest BCUT2D eigenvalue weighted by atomic mass is 16.1. The summed E-state index contributed by atoms with van der Waals surface area (Å²) in [6.07, 6.45) is 0. The van der Waals surface area contributed by atoms with E-state index in [-0.39, 0.29) is 11.9 Å². The zero-order valence-corrected chi connectivity index (χ0v) is 11.2. The van der Waals surface area contributed by atoms with E-state index in [0.29, 0.717) is 0 Å². The van der Waals surface area contributed by atoms with Gasteiger partial charge in [-0.05, 0) is 37.5 Å². The van der Waals surface area contributed by atoms with Crippen LogP contribution in [0.4, 0.5) is 0 Å². The van der Waals surface area contributed by atoms with E-state index in [1.807, 2.05) is 26.0 Å². The molecule has 18 heavy (non-hydrogen) atoms. The van der Waals surface area contributed by atoms with Crippen LogP contribution >= 0.6 is 0 Å². The highest BCUT2D eigenvalue weighted by Gasteiger charge is 2.18. The van der Waals surface area contributed by atoms with Gasteiger partial charge in [-0.2, -0.15) is 0 Å². The number of nitrogens with one attached hydrogen (secondary N) is 2. The topological polar surface area (TPSA) is 41.1 Å². The third-order valence-corrected chi connectivity index (χ3v) is 3.55. The van der Waals surface area contributed by atoms with Crippen LogP contribution < -0.4 is 10.6 Å². The Bertz CT molecular complexity index is 485. The van der Waals surface area contributed by atoms with Crippen molar-refractivity contribution in [3.63, 3.8) is 0 Å². The van der Waals surface area contributed by atoms with Crippen molar-refractivity contribution in [1.82, 2.24) is 10.6 Å². The van der Waals surface area contributed by atoms with Crippen LogP contribution in [0.15, 0.2) is 35.4 Å². The Balaban J connectivity index is 2.06. The second-order valence-corrected chi connectivity index (χ2v) is 4.88. The minimum Gasteiger partial charge on any atom is -0.346 e. The first-order valence-electron chi connectivity index (χ1n) is 6.35. The average Bonchev–Trinajstić information content (AvgIpc) is 2.26. The molecule has 0 aromatic heterocycles.